The van der Waals surface area contributed by atoms with Crippen LogP contribution in [0.25, 0.3) is 0 Å². The summed E-state index contributed by atoms with van der Waals surface area (Å²) >= 11 is 6.20. The Labute approximate surface area is 141 Å². The van der Waals surface area contributed by atoms with Crippen LogP contribution in [0.4, 0.5) is 5.69 Å². The number of halogens is 1. The molecule has 0 unspecified atom stereocenters. The molecule has 6 heteroatoms. The fraction of sp³-hybridized carbons (Fsp3) is 0.529. The molecule has 2 atom stereocenters. The average Bonchev–Trinajstić information content (AvgIpc) is 3.14. The third kappa shape index (κ3) is 2.83. The second-order valence-electron chi connectivity index (χ2n) is 6.65. The van der Waals surface area contributed by atoms with E-state index < -0.39 is 11.5 Å². The highest BCUT2D eigenvalue weighted by atomic mass is 35.5. The molecule has 0 bridgehead atoms. The van der Waals surface area contributed by atoms with Crippen LogP contribution in [0.1, 0.15) is 19.8 Å². The van der Waals surface area contributed by atoms with Crippen LogP contribution in [0.15, 0.2) is 24.3 Å². The van der Waals surface area contributed by atoms with Gasteiger partial charge in [0.2, 0.25) is 11.8 Å². The van der Waals surface area contributed by atoms with Gasteiger partial charge < -0.3 is 15.1 Å². The van der Waals surface area contributed by atoms with Crippen molar-refractivity contribution in [2.24, 2.45) is 5.41 Å². The van der Waals surface area contributed by atoms with Gasteiger partial charge in [-0.25, -0.2) is 0 Å². The Kier molecular flexibility index (Phi) is 4.34. The normalized spacial score (nSPS) is 27.5. The summed E-state index contributed by atoms with van der Waals surface area (Å²) < 4.78 is 0. The smallest absolute Gasteiger partial charge is 0.249 e. The molecule has 0 spiro atoms. The van der Waals surface area contributed by atoms with E-state index in [4.69, 9.17) is 11.6 Å². The third-order valence-corrected chi connectivity index (χ3v) is 5.31. The summed E-state index contributed by atoms with van der Waals surface area (Å²) in [5.74, 6) is -0.00892. The maximum absolute atomic E-state index is 12.8. The van der Waals surface area contributed by atoms with Gasteiger partial charge >= 0.3 is 0 Å². The van der Waals surface area contributed by atoms with Gasteiger partial charge in [-0.05, 0) is 38.4 Å². The first-order valence-corrected chi connectivity index (χ1v) is 8.36. The van der Waals surface area contributed by atoms with Crippen LogP contribution in [-0.4, -0.2) is 49.4 Å². The molecule has 2 fully saturated rings. The van der Waals surface area contributed by atoms with Gasteiger partial charge in [0.05, 0.1) is 16.1 Å². The second kappa shape index (κ2) is 6.13. The van der Waals surface area contributed by atoms with Crippen LogP contribution >= 0.6 is 11.6 Å². The number of anilines is 1. The lowest BCUT2D eigenvalue weighted by Crippen LogP contribution is -2.49. The molecule has 1 aromatic carbocycles. The maximum atomic E-state index is 12.8. The molecule has 2 saturated heterocycles. The van der Waals surface area contributed by atoms with Gasteiger partial charge in [0, 0.05) is 20.1 Å². The summed E-state index contributed by atoms with van der Waals surface area (Å²) in [6.45, 7) is 4.07. The number of likely N-dealkylation sites (N-methyl/N-ethyl adjacent to an activating group) is 1. The van der Waals surface area contributed by atoms with Crippen LogP contribution in [-0.2, 0) is 9.59 Å². The Morgan fingerprint density at radius 3 is 2.83 bits per heavy atom. The minimum Gasteiger partial charge on any atom is -0.333 e. The molecule has 1 aromatic rings. The van der Waals surface area contributed by atoms with Gasteiger partial charge in [-0.2, -0.15) is 0 Å². The number of para-hydroxylation sites is 1. The van der Waals surface area contributed by atoms with Crippen LogP contribution in [0.2, 0.25) is 5.02 Å². The predicted octanol–water partition coefficient (Wildman–Crippen LogP) is 1.90. The van der Waals surface area contributed by atoms with Gasteiger partial charge in [-0.1, -0.05) is 23.7 Å². The van der Waals surface area contributed by atoms with E-state index in [-0.39, 0.29) is 11.8 Å². The Balaban J connectivity index is 1.76. The lowest BCUT2D eigenvalue weighted by Gasteiger charge is -2.31. The second-order valence-corrected chi connectivity index (χ2v) is 7.06. The summed E-state index contributed by atoms with van der Waals surface area (Å²) in [5.41, 5.74) is 0.309. The number of rotatable bonds is 3. The van der Waals surface area contributed by atoms with Crippen molar-refractivity contribution >= 4 is 29.1 Å². The monoisotopic (exact) mass is 335 g/mol. The zero-order valence-corrected chi connectivity index (χ0v) is 14.3. The van der Waals surface area contributed by atoms with E-state index in [1.807, 2.05) is 25.1 Å². The highest BCUT2D eigenvalue weighted by molar-refractivity contribution is 6.34. The molecule has 124 valence electrons. The Hall–Kier alpha value is -1.59. The van der Waals surface area contributed by atoms with Gasteiger partial charge in [0.15, 0.2) is 0 Å². The summed E-state index contributed by atoms with van der Waals surface area (Å²) in [6, 6.07) is 6.91. The molecular weight excluding hydrogens is 314 g/mol. The van der Waals surface area contributed by atoms with Crippen molar-refractivity contribution < 1.29 is 9.59 Å². The van der Waals surface area contributed by atoms with Crippen molar-refractivity contribution in [3.05, 3.63) is 29.3 Å². The first-order valence-electron chi connectivity index (χ1n) is 7.98. The molecule has 2 amide bonds. The van der Waals surface area contributed by atoms with Gasteiger partial charge in [0.1, 0.15) is 6.04 Å². The Bertz CT molecular complexity index is 628. The van der Waals surface area contributed by atoms with E-state index in [1.165, 1.54) is 0 Å². The van der Waals surface area contributed by atoms with Gasteiger partial charge in [-0.3, -0.25) is 9.59 Å². The first-order chi connectivity index (χ1) is 10.9. The number of amides is 2. The fourth-order valence-corrected chi connectivity index (χ4v) is 3.74. The van der Waals surface area contributed by atoms with E-state index in [0.717, 1.165) is 18.7 Å². The molecule has 2 aliphatic rings. The third-order valence-electron chi connectivity index (χ3n) is 4.99. The number of hydrogen-bond acceptors (Lipinski definition) is 3. The van der Waals surface area contributed by atoms with Crippen molar-refractivity contribution in [1.29, 1.82) is 0 Å². The largest absolute Gasteiger partial charge is 0.333 e. The van der Waals surface area contributed by atoms with E-state index >= 15 is 0 Å². The van der Waals surface area contributed by atoms with E-state index in [1.54, 1.807) is 22.9 Å². The SMILES string of the molecule is CN(C(=O)[C@]1(C)CCNC1)[C@H]1CCN(c2ccccc2Cl)C1=O. The number of nitrogens with one attached hydrogen (secondary N) is 1. The molecule has 2 aliphatic heterocycles. The van der Waals surface area contributed by atoms with E-state index in [0.29, 0.717) is 24.5 Å². The van der Waals surface area contributed by atoms with Crippen LogP contribution < -0.4 is 10.2 Å². The average molecular weight is 336 g/mol. The lowest BCUT2D eigenvalue weighted by atomic mass is 9.87. The van der Waals surface area contributed by atoms with Gasteiger partial charge in [0.25, 0.3) is 0 Å². The number of carbonyl (C=O) groups excluding carboxylic acids is 2. The molecule has 2 heterocycles. The van der Waals surface area contributed by atoms with Crippen molar-refractivity contribution in [3.63, 3.8) is 0 Å². The van der Waals surface area contributed by atoms with Crippen molar-refractivity contribution in [3.8, 4) is 0 Å². The Morgan fingerprint density at radius 2 is 2.17 bits per heavy atom. The lowest BCUT2D eigenvalue weighted by molar-refractivity contribution is -0.144. The summed E-state index contributed by atoms with van der Waals surface area (Å²) in [7, 11) is 1.74. The zero-order chi connectivity index (χ0) is 16.6. The number of nitrogens with zero attached hydrogens (tertiary/aromatic N) is 2. The number of carbonyl (C=O) groups is 2. The van der Waals surface area contributed by atoms with Crippen LogP contribution in [0.5, 0.6) is 0 Å². The van der Waals surface area contributed by atoms with Crippen molar-refractivity contribution in [1.82, 2.24) is 10.2 Å². The van der Waals surface area contributed by atoms with E-state index in [9.17, 15) is 9.59 Å². The quantitative estimate of drug-likeness (QED) is 0.918. The molecule has 5 nitrogen and oxygen atoms in total. The van der Waals surface area contributed by atoms with Crippen LogP contribution in [0, 0.1) is 5.41 Å². The molecule has 3 rings (SSSR count). The molecule has 0 aromatic heterocycles. The summed E-state index contributed by atoms with van der Waals surface area (Å²) in [4.78, 5) is 28.9. The highest BCUT2D eigenvalue weighted by Crippen LogP contribution is 2.32. The van der Waals surface area contributed by atoms with Crippen molar-refractivity contribution in [2.75, 3.05) is 31.6 Å². The molecule has 23 heavy (non-hydrogen) atoms. The van der Waals surface area contributed by atoms with Gasteiger partial charge in [-0.15, -0.1) is 0 Å². The minimum atomic E-state index is -0.410. The first kappa shape index (κ1) is 16.3. The van der Waals surface area contributed by atoms with Crippen molar-refractivity contribution in [2.45, 2.75) is 25.8 Å². The number of hydrogen-bond donors (Lipinski definition) is 1. The molecule has 0 radical (unpaired) electrons. The highest BCUT2D eigenvalue weighted by Gasteiger charge is 2.44. The number of benzene rings is 1. The summed E-state index contributed by atoms with van der Waals surface area (Å²) in [5, 5.41) is 3.79. The fourth-order valence-electron chi connectivity index (χ4n) is 3.50. The Morgan fingerprint density at radius 1 is 1.43 bits per heavy atom. The standard InChI is InChI=1S/C17H22ClN3O2/c1-17(8-9-19-11-17)16(23)20(2)14-7-10-21(15(14)22)13-6-4-3-5-12(13)18/h3-6,14,19H,7-11H2,1-2H3/t14-,17+/m0/s1. The predicted molar refractivity (Wildman–Crippen MR) is 90.6 cm³/mol. The topological polar surface area (TPSA) is 52.7 Å². The van der Waals surface area contributed by atoms with E-state index in [2.05, 4.69) is 5.32 Å². The maximum Gasteiger partial charge on any atom is 0.249 e. The van der Waals surface area contributed by atoms with Crippen LogP contribution in [0.3, 0.4) is 0 Å². The zero-order valence-electron chi connectivity index (χ0n) is 13.5. The molecule has 1 N–H and O–H groups in total. The molecule has 0 aliphatic carbocycles. The summed E-state index contributed by atoms with van der Waals surface area (Å²) in [6.07, 6.45) is 1.45. The molecule has 0 saturated carbocycles. The molecular formula is C17H22ClN3O2. The minimum absolute atomic E-state index is 0.0434.